The topological polar surface area (TPSA) is 134 Å². The highest BCUT2D eigenvalue weighted by Gasteiger charge is 2.64. The van der Waals surface area contributed by atoms with E-state index < -0.39 is 71.2 Å². The van der Waals surface area contributed by atoms with Crippen molar-refractivity contribution < 1.29 is 55.4 Å². The van der Waals surface area contributed by atoms with Crippen molar-refractivity contribution in [2.45, 2.75) is 78.1 Å². The van der Waals surface area contributed by atoms with E-state index in [1.165, 1.54) is 38.1 Å². The summed E-state index contributed by atoms with van der Waals surface area (Å²) >= 11 is 0. The Morgan fingerprint density at radius 2 is 1.54 bits per heavy atom. The van der Waals surface area contributed by atoms with Crippen molar-refractivity contribution in [1.29, 1.82) is 0 Å². The molecule has 0 aliphatic carbocycles. The summed E-state index contributed by atoms with van der Waals surface area (Å²) in [6, 6.07) is 2.73. The Hall–Kier alpha value is -3.92. The summed E-state index contributed by atoms with van der Waals surface area (Å²) < 4.78 is 81.1. The standard InChI is InChI=1S/C32H41F5N4O7/c1-18(2)24(39-27(43)21-9-11-22(12-10-21)28(44)40-14-16-47-17-15-40)30(46)41(29(45)23-8-6-7-13-38-23)25(19(3)4)26(48-20(5)42)31(33,34)32(35,36)37/h9-12,18-19,23-24,38H,6-8,13-17H2,1-5H3,(H,39,43)/b26-25-/t23?,24-/m0/s1. The lowest BCUT2D eigenvalue weighted by Gasteiger charge is -2.36. The summed E-state index contributed by atoms with van der Waals surface area (Å²) in [7, 11) is 0. The molecule has 0 saturated carbocycles. The molecule has 0 aromatic heterocycles. The first-order valence-electron chi connectivity index (χ1n) is 15.6. The first-order chi connectivity index (χ1) is 22.4. The van der Waals surface area contributed by atoms with Crippen molar-refractivity contribution >= 4 is 29.6 Å². The fraction of sp³-hybridized carbons (Fsp3) is 0.594. The van der Waals surface area contributed by atoms with Gasteiger partial charge in [0.1, 0.15) is 6.04 Å². The van der Waals surface area contributed by atoms with Gasteiger partial charge in [0.05, 0.1) is 25.0 Å². The van der Waals surface area contributed by atoms with Crippen LogP contribution in [-0.4, -0.2) is 96.4 Å². The average Bonchev–Trinajstić information content (AvgIpc) is 3.04. The summed E-state index contributed by atoms with van der Waals surface area (Å²) in [5, 5.41) is 5.33. The van der Waals surface area contributed by atoms with Gasteiger partial charge in [0, 0.05) is 31.1 Å². The number of rotatable bonds is 10. The molecule has 2 N–H and O–H groups in total. The number of imide groups is 1. The average molecular weight is 689 g/mol. The van der Waals surface area contributed by atoms with E-state index in [1.807, 2.05) is 0 Å². The molecule has 2 aliphatic heterocycles. The Balaban J connectivity index is 2.07. The van der Waals surface area contributed by atoms with E-state index in [9.17, 15) is 37.1 Å². The van der Waals surface area contributed by atoms with Gasteiger partial charge in [0.2, 0.25) is 5.76 Å². The van der Waals surface area contributed by atoms with Crippen LogP contribution in [0.25, 0.3) is 0 Å². The lowest BCUT2D eigenvalue weighted by Crippen LogP contribution is -2.58. The molecule has 0 radical (unpaired) electrons. The number of morpholine rings is 1. The molecular weight excluding hydrogens is 647 g/mol. The van der Waals surface area contributed by atoms with Gasteiger partial charge in [0.15, 0.2) is 0 Å². The molecule has 266 valence electrons. The van der Waals surface area contributed by atoms with Gasteiger partial charge in [-0.05, 0) is 55.5 Å². The number of carbonyl (C=O) groups excluding carboxylic acids is 5. The molecule has 4 amide bonds. The maximum Gasteiger partial charge on any atom is 0.461 e. The van der Waals surface area contributed by atoms with Crippen LogP contribution in [0.5, 0.6) is 0 Å². The van der Waals surface area contributed by atoms with Crippen LogP contribution in [0.4, 0.5) is 22.0 Å². The maximum atomic E-state index is 15.1. The van der Waals surface area contributed by atoms with Gasteiger partial charge in [-0.15, -0.1) is 0 Å². The molecule has 2 saturated heterocycles. The molecule has 11 nitrogen and oxygen atoms in total. The van der Waals surface area contributed by atoms with Crippen LogP contribution in [0, 0.1) is 11.8 Å². The second-order valence-corrected chi connectivity index (χ2v) is 12.2. The smallest absolute Gasteiger partial charge is 0.422 e. The first kappa shape index (κ1) is 38.5. The van der Waals surface area contributed by atoms with Gasteiger partial charge in [-0.2, -0.15) is 22.0 Å². The third kappa shape index (κ3) is 8.95. The Kier molecular flexibility index (Phi) is 12.8. The molecule has 0 spiro atoms. The van der Waals surface area contributed by atoms with Crippen LogP contribution >= 0.6 is 0 Å². The zero-order chi connectivity index (χ0) is 36.0. The zero-order valence-corrected chi connectivity index (χ0v) is 27.4. The minimum Gasteiger partial charge on any atom is -0.422 e. The maximum absolute atomic E-state index is 15.1. The summed E-state index contributed by atoms with van der Waals surface area (Å²) in [6.45, 7) is 7.76. The molecule has 2 fully saturated rings. The number of piperidine rings is 1. The zero-order valence-electron chi connectivity index (χ0n) is 27.4. The van der Waals surface area contributed by atoms with E-state index in [0.29, 0.717) is 52.6 Å². The van der Waals surface area contributed by atoms with E-state index in [4.69, 9.17) is 4.74 Å². The summed E-state index contributed by atoms with van der Waals surface area (Å²) in [5.41, 5.74) is -0.875. The molecule has 0 bridgehead atoms. The van der Waals surface area contributed by atoms with Gasteiger partial charge >= 0.3 is 18.1 Å². The van der Waals surface area contributed by atoms with E-state index in [2.05, 4.69) is 15.4 Å². The van der Waals surface area contributed by atoms with Crippen LogP contribution < -0.4 is 10.6 Å². The van der Waals surface area contributed by atoms with E-state index in [1.54, 1.807) is 4.90 Å². The molecule has 16 heteroatoms. The van der Waals surface area contributed by atoms with Crippen molar-refractivity contribution in [3.63, 3.8) is 0 Å². The van der Waals surface area contributed by atoms with Gasteiger partial charge in [-0.3, -0.25) is 24.0 Å². The quantitative estimate of drug-likeness (QED) is 0.214. The van der Waals surface area contributed by atoms with Crippen LogP contribution in [0.2, 0.25) is 0 Å². The number of nitrogens with zero attached hydrogens (tertiary/aromatic N) is 2. The van der Waals surface area contributed by atoms with Crippen LogP contribution in [0.3, 0.4) is 0 Å². The molecule has 2 heterocycles. The third-order valence-electron chi connectivity index (χ3n) is 7.87. The monoisotopic (exact) mass is 688 g/mol. The van der Waals surface area contributed by atoms with Gasteiger partial charge in [0.25, 0.3) is 23.6 Å². The van der Waals surface area contributed by atoms with Crippen molar-refractivity contribution in [1.82, 2.24) is 20.4 Å². The molecule has 2 aliphatic rings. The predicted molar refractivity (Wildman–Crippen MR) is 161 cm³/mol. The lowest BCUT2D eigenvalue weighted by molar-refractivity contribution is -0.276. The number of halogens is 5. The summed E-state index contributed by atoms with van der Waals surface area (Å²) in [5.74, 6) is -15.3. The van der Waals surface area contributed by atoms with E-state index in [0.717, 1.165) is 13.8 Å². The number of hydrogen-bond donors (Lipinski definition) is 2. The Bertz CT molecular complexity index is 1380. The minimum absolute atomic E-state index is 0.00244. The highest BCUT2D eigenvalue weighted by Crippen LogP contribution is 2.44. The van der Waals surface area contributed by atoms with E-state index >= 15 is 8.78 Å². The molecule has 48 heavy (non-hydrogen) atoms. The van der Waals surface area contributed by atoms with Crippen molar-refractivity contribution in [3.8, 4) is 0 Å². The molecule has 1 unspecified atom stereocenters. The number of allylic oxidation sites excluding steroid dienone is 2. The number of nitrogens with one attached hydrogen (secondary N) is 2. The summed E-state index contributed by atoms with van der Waals surface area (Å²) in [4.78, 5) is 68.1. The lowest BCUT2D eigenvalue weighted by atomic mass is 9.96. The number of carbonyl (C=O) groups is 5. The fourth-order valence-electron chi connectivity index (χ4n) is 5.33. The number of esters is 1. The number of benzene rings is 1. The Morgan fingerprint density at radius 1 is 0.958 bits per heavy atom. The highest BCUT2D eigenvalue weighted by atomic mass is 19.4. The molecule has 1 aromatic carbocycles. The molecule has 2 atom stereocenters. The Labute approximate surface area is 275 Å². The van der Waals surface area contributed by atoms with Crippen molar-refractivity contribution in [3.05, 3.63) is 46.8 Å². The minimum atomic E-state index is -6.26. The third-order valence-corrected chi connectivity index (χ3v) is 7.87. The normalized spacial score (nSPS) is 18.6. The first-order valence-corrected chi connectivity index (χ1v) is 15.6. The SMILES string of the molecule is CC(=O)O/C(=C(/C(C)C)N(C(=O)C1CCCCN1)C(=O)[C@@H](NC(=O)c1ccc(C(=O)N2CCOCC2)cc1)C(C)C)C(F)(F)C(F)(F)F. The fourth-order valence-corrected chi connectivity index (χ4v) is 5.33. The van der Waals surface area contributed by atoms with Gasteiger partial charge in [-0.1, -0.05) is 34.1 Å². The molecular formula is C32H41F5N4O7. The Morgan fingerprint density at radius 3 is 2.02 bits per heavy atom. The van der Waals surface area contributed by atoms with Gasteiger partial charge in [-0.25, -0.2) is 4.90 Å². The van der Waals surface area contributed by atoms with Crippen LogP contribution in [0.15, 0.2) is 35.7 Å². The number of ether oxygens (including phenoxy) is 2. The number of amides is 4. The molecule has 1 aromatic rings. The predicted octanol–water partition coefficient (Wildman–Crippen LogP) is 4.04. The molecule has 3 rings (SSSR count). The van der Waals surface area contributed by atoms with Crippen molar-refractivity contribution in [2.75, 3.05) is 32.8 Å². The van der Waals surface area contributed by atoms with Gasteiger partial charge < -0.3 is 25.0 Å². The van der Waals surface area contributed by atoms with E-state index in [-0.39, 0.29) is 28.4 Å². The second-order valence-electron chi connectivity index (χ2n) is 12.2. The highest BCUT2D eigenvalue weighted by molar-refractivity contribution is 6.05. The largest absolute Gasteiger partial charge is 0.461 e. The number of alkyl halides is 5. The second kappa shape index (κ2) is 16.0. The van der Waals surface area contributed by atoms with Crippen LogP contribution in [0.1, 0.15) is 74.6 Å². The summed E-state index contributed by atoms with van der Waals surface area (Å²) in [6.07, 6.45) is -4.98. The number of hydrogen-bond acceptors (Lipinski definition) is 8. The van der Waals surface area contributed by atoms with Crippen molar-refractivity contribution in [2.24, 2.45) is 11.8 Å². The van der Waals surface area contributed by atoms with Crippen LogP contribution in [-0.2, 0) is 23.9 Å².